The fourth-order valence-corrected chi connectivity index (χ4v) is 1.76. The van der Waals surface area contributed by atoms with Gasteiger partial charge in [0.25, 0.3) is 0 Å². The molecular weight excluding hydrogens is 214 g/mol. The van der Waals surface area contributed by atoms with Crippen molar-refractivity contribution in [2.75, 3.05) is 6.54 Å². The molecule has 0 aromatic heterocycles. The Labute approximate surface area is 102 Å². The number of ether oxygens (including phenoxy) is 1. The van der Waals surface area contributed by atoms with Gasteiger partial charge in [0.2, 0.25) is 0 Å². The van der Waals surface area contributed by atoms with Crippen molar-refractivity contribution in [3.05, 3.63) is 35.9 Å². The van der Waals surface area contributed by atoms with Gasteiger partial charge in [0.15, 0.2) is 0 Å². The maximum absolute atomic E-state index is 11.3. The third kappa shape index (κ3) is 4.89. The Morgan fingerprint density at radius 3 is 2.76 bits per heavy atom. The molecule has 0 saturated heterocycles. The van der Waals surface area contributed by atoms with Gasteiger partial charge in [-0.3, -0.25) is 0 Å². The molecule has 1 aliphatic carbocycles. The van der Waals surface area contributed by atoms with E-state index in [1.807, 2.05) is 30.3 Å². The molecule has 0 heterocycles. The molecule has 1 amide bonds. The molecule has 92 valence electrons. The Bertz CT molecular complexity index is 346. The van der Waals surface area contributed by atoms with Gasteiger partial charge in [-0.25, -0.2) is 4.79 Å². The zero-order valence-corrected chi connectivity index (χ0v) is 10.0. The number of rotatable bonds is 6. The second-order valence-corrected chi connectivity index (χ2v) is 4.57. The van der Waals surface area contributed by atoms with Gasteiger partial charge >= 0.3 is 6.09 Å². The molecule has 1 N–H and O–H groups in total. The summed E-state index contributed by atoms with van der Waals surface area (Å²) in [6.07, 6.45) is 4.73. The highest BCUT2D eigenvalue weighted by atomic mass is 16.5. The summed E-state index contributed by atoms with van der Waals surface area (Å²) in [7, 11) is 0. The predicted octanol–water partition coefficient (Wildman–Crippen LogP) is 3.10. The first-order chi connectivity index (χ1) is 8.34. The molecule has 1 aromatic carbocycles. The molecule has 3 heteroatoms. The van der Waals surface area contributed by atoms with Gasteiger partial charge in [0, 0.05) is 6.54 Å². The van der Waals surface area contributed by atoms with E-state index >= 15 is 0 Å². The Balaban J connectivity index is 1.54. The Morgan fingerprint density at radius 2 is 2.06 bits per heavy atom. The van der Waals surface area contributed by atoms with Crippen molar-refractivity contribution in [1.82, 2.24) is 5.32 Å². The molecule has 0 spiro atoms. The van der Waals surface area contributed by atoms with Crippen molar-refractivity contribution in [2.24, 2.45) is 5.92 Å². The maximum atomic E-state index is 11.3. The number of nitrogens with one attached hydrogen (secondary N) is 1. The largest absolute Gasteiger partial charge is 0.445 e. The van der Waals surface area contributed by atoms with Gasteiger partial charge in [0.1, 0.15) is 6.61 Å². The van der Waals surface area contributed by atoms with Crippen LogP contribution in [0.5, 0.6) is 0 Å². The molecule has 1 aliphatic rings. The van der Waals surface area contributed by atoms with Crippen LogP contribution in [0.2, 0.25) is 0 Å². The van der Waals surface area contributed by atoms with E-state index in [0.717, 1.165) is 24.4 Å². The molecule has 3 nitrogen and oxygen atoms in total. The Hall–Kier alpha value is -1.51. The standard InChI is InChI=1S/C14H19NO2/c16-14(15-10-4-7-12-8-9-12)17-11-13-5-2-1-3-6-13/h1-3,5-6,12H,4,7-11H2,(H,15,16). The fraction of sp³-hybridized carbons (Fsp3) is 0.500. The topological polar surface area (TPSA) is 38.3 Å². The van der Waals surface area contributed by atoms with Crippen LogP contribution in [0.3, 0.4) is 0 Å². The minimum Gasteiger partial charge on any atom is -0.445 e. The van der Waals surface area contributed by atoms with Crippen molar-refractivity contribution in [1.29, 1.82) is 0 Å². The van der Waals surface area contributed by atoms with E-state index in [1.54, 1.807) is 0 Å². The van der Waals surface area contributed by atoms with Gasteiger partial charge < -0.3 is 10.1 Å². The summed E-state index contributed by atoms with van der Waals surface area (Å²) < 4.78 is 5.10. The van der Waals surface area contributed by atoms with Crippen molar-refractivity contribution in [3.63, 3.8) is 0 Å². The highest BCUT2D eigenvalue weighted by Crippen LogP contribution is 2.33. The van der Waals surface area contributed by atoms with Crippen LogP contribution in [0.4, 0.5) is 4.79 Å². The van der Waals surface area contributed by atoms with Gasteiger partial charge in [-0.15, -0.1) is 0 Å². The molecule has 0 radical (unpaired) electrons. The highest BCUT2D eigenvalue weighted by molar-refractivity contribution is 5.67. The molecule has 0 aliphatic heterocycles. The summed E-state index contributed by atoms with van der Waals surface area (Å²) in [5.41, 5.74) is 1.01. The molecule has 0 unspecified atom stereocenters. The maximum Gasteiger partial charge on any atom is 0.407 e. The van der Waals surface area contributed by atoms with Crippen LogP contribution in [0, 0.1) is 5.92 Å². The molecule has 1 fully saturated rings. The van der Waals surface area contributed by atoms with Crippen LogP contribution in [-0.4, -0.2) is 12.6 Å². The first-order valence-electron chi connectivity index (χ1n) is 6.29. The number of carbonyl (C=O) groups excluding carboxylic acids is 1. The van der Waals surface area contributed by atoms with Gasteiger partial charge in [-0.1, -0.05) is 43.2 Å². The average molecular weight is 233 g/mol. The van der Waals surface area contributed by atoms with Gasteiger partial charge in [-0.2, -0.15) is 0 Å². The molecule has 1 saturated carbocycles. The third-order valence-corrected chi connectivity index (χ3v) is 2.97. The molecular formula is C14H19NO2. The van der Waals surface area contributed by atoms with Gasteiger partial charge in [0.05, 0.1) is 0 Å². The zero-order valence-electron chi connectivity index (χ0n) is 10.0. The summed E-state index contributed by atoms with van der Waals surface area (Å²) in [6.45, 7) is 1.07. The first-order valence-corrected chi connectivity index (χ1v) is 6.29. The van der Waals surface area contributed by atoms with E-state index in [2.05, 4.69) is 5.32 Å². The summed E-state index contributed by atoms with van der Waals surface area (Å²) >= 11 is 0. The summed E-state index contributed by atoms with van der Waals surface area (Å²) in [6, 6.07) is 9.71. The van der Waals surface area contributed by atoms with E-state index in [9.17, 15) is 4.79 Å². The summed E-state index contributed by atoms with van der Waals surface area (Å²) in [4.78, 5) is 11.3. The number of amides is 1. The van der Waals surface area contributed by atoms with E-state index in [0.29, 0.717) is 6.61 Å². The number of carbonyl (C=O) groups is 1. The monoisotopic (exact) mass is 233 g/mol. The molecule has 1 aromatic rings. The number of hydrogen-bond donors (Lipinski definition) is 1. The molecule has 0 bridgehead atoms. The molecule has 2 rings (SSSR count). The highest BCUT2D eigenvalue weighted by Gasteiger charge is 2.20. The second-order valence-electron chi connectivity index (χ2n) is 4.57. The SMILES string of the molecule is O=C(NCCCC1CC1)OCc1ccccc1. The normalized spacial score (nSPS) is 14.4. The second kappa shape index (κ2) is 6.28. The van der Waals surface area contributed by atoms with Crippen molar-refractivity contribution in [2.45, 2.75) is 32.3 Å². The molecule has 17 heavy (non-hydrogen) atoms. The van der Waals surface area contributed by atoms with Crippen LogP contribution in [0.25, 0.3) is 0 Å². The lowest BCUT2D eigenvalue weighted by Crippen LogP contribution is -2.25. The van der Waals surface area contributed by atoms with E-state index in [-0.39, 0.29) is 6.09 Å². The Morgan fingerprint density at radius 1 is 1.29 bits per heavy atom. The number of alkyl carbamates (subject to hydrolysis) is 1. The third-order valence-electron chi connectivity index (χ3n) is 2.97. The number of benzene rings is 1. The fourth-order valence-electron chi connectivity index (χ4n) is 1.76. The lowest BCUT2D eigenvalue weighted by molar-refractivity contribution is 0.139. The van der Waals surface area contributed by atoms with Crippen LogP contribution >= 0.6 is 0 Å². The average Bonchev–Trinajstić information content (AvgIpc) is 3.17. The Kier molecular flexibility index (Phi) is 4.42. The van der Waals surface area contributed by atoms with Crippen LogP contribution in [0.15, 0.2) is 30.3 Å². The van der Waals surface area contributed by atoms with Crippen molar-refractivity contribution in [3.8, 4) is 0 Å². The summed E-state index contributed by atoms with van der Waals surface area (Å²) in [5.74, 6) is 0.928. The lowest BCUT2D eigenvalue weighted by Gasteiger charge is -2.06. The van der Waals surface area contributed by atoms with E-state index in [1.165, 1.54) is 19.3 Å². The number of hydrogen-bond acceptors (Lipinski definition) is 2. The smallest absolute Gasteiger partial charge is 0.407 e. The van der Waals surface area contributed by atoms with Crippen molar-refractivity contribution < 1.29 is 9.53 Å². The van der Waals surface area contributed by atoms with E-state index < -0.39 is 0 Å². The van der Waals surface area contributed by atoms with Crippen LogP contribution in [0.1, 0.15) is 31.2 Å². The van der Waals surface area contributed by atoms with Crippen LogP contribution in [-0.2, 0) is 11.3 Å². The van der Waals surface area contributed by atoms with Crippen molar-refractivity contribution >= 4 is 6.09 Å². The quantitative estimate of drug-likeness (QED) is 0.767. The zero-order chi connectivity index (χ0) is 11.9. The molecule has 0 atom stereocenters. The van der Waals surface area contributed by atoms with Gasteiger partial charge in [-0.05, 0) is 24.3 Å². The first kappa shape index (κ1) is 12.0. The van der Waals surface area contributed by atoms with Crippen LogP contribution < -0.4 is 5.32 Å². The van der Waals surface area contributed by atoms with E-state index in [4.69, 9.17) is 4.74 Å². The minimum absolute atomic E-state index is 0.315. The lowest BCUT2D eigenvalue weighted by atomic mass is 10.2. The summed E-state index contributed by atoms with van der Waals surface area (Å²) in [5, 5.41) is 2.77. The predicted molar refractivity (Wildman–Crippen MR) is 66.6 cm³/mol. The minimum atomic E-state index is -0.315.